The highest BCUT2D eigenvalue weighted by Gasteiger charge is 2.25. The van der Waals surface area contributed by atoms with Crippen LogP contribution in [-0.2, 0) is 11.2 Å². The van der Waals surface area contributed by atoms with Crippen molar-refractivity contribution in [2.24, 2.45) is 0 Å². The molecule has 5 heteroatoms. The predicted octanol–water partition coefficient (Wildman–Crippen LogP) is 3.09. The van der Waals surface area contributed by atoms with Gasteiger partial charge in [0.2, 0.25) is 5.89 Å². The summed E-state index contributed by atoms with van der Waals surface area (Å²) >= 11 is 0. The Morgan fingerprint density at radius 1 is 1.26 bits per heavy atom. The zero-order valence-electron chi connectivity index (χ0n) is 12.8. The van der Waals surface area contributed by atoms with Crippen LogP contribution < -0.4 is 5.32 Å². The Kier molecular flexibility index (Phi) is 4.39. The third-order valence-electron chi connectivity index (χ3n) is 3.66. The van der Waals surface area contributed by atoms with Gasteiger partial charge in [-0.05, 0) is 36.6 Å². The van der Waals surface area contributed by atoms with Crippen LogP contribution in [0.3, 0.4) is 0 Å². The summed E-state index contributed by atoms with van der Waals surface area (Å²) in [5, 5.41) is 12.4. The molecular formula is C18H18N2O3. The van der Waals surface area contributed by atoms with Gasteiger partial charge in [-0.25, -0.2) is 9.78 Å². The first-order chi connectivity index (χ1) is 11.1. The van der Waals surface area contributed by atoms with Gasteiger partial charge in [0, 0.05) is 6.54 Å². The van der Waals surface area contributed by atoms with Crippen molar-refractivity contribution in [3.8, 4) is 0 Å². The van der Waals surface area contributed by atoms with E-state index >= 15 is 0 Å². The van der Waals surface area contributed by atoms with Crippen molar-refractivity contribution < 1.29 is 14.3 Å². The maximum atomic E-state index is 11.5. The minimum Gasteiger partial charge on any atom is -0.480 e. The Labute approximate surface area is 134 Å². The third-order valence-corrected chi connectivity index (χ3v) is 3.66. The number of benzene rings is 2. The Bertz CT molecular complexity index is 812. The molecule has 5 nitrogen and oxygen atoms in total. The predicted molar refractivity (Wildman–Crippen MR) is 87.3 cm³/mol. The summed E-state index contributed by atoms with van der Waals surface area (Å²) in [4.78, 5) is 15.8. The van der Waals surface area contributed by atoms with Crippen LogP contribution in [0.2, 0.25) is 0 Å². The number of carboxylic acid groups (broad SMARTS) is 1. The number of nitrogens with one attached hydrogen (secondary N) is 1. The first-order valence-electron chi connectivity index (χ1n) is 7.51. The Hall–Kier alpha value is -2.66. The van der Waals surface area contributed by atoms with Crippen molar-refractivity contribution >= 4 is 17.1 Å². The van der Waals surface area contributed by atoms with Crippen molar-refractivity contribution in [1.82, 2.24) is 10.3 Å². The number of rotatable bonds is 6. The van der Waals surface area contributed by atoms with Gasteiger partial charge in [-0.2, -0.15) is 0 Å². The van der Waals surface area contributed by atoms with Crippen LogP contribution in [0.25, 0.3) is 11.1 Å². The van der Waals surface area contributed by atoms with E-state index in [4.69, 9.17) is 4.42 Å². The van der Waals surface area contributed by atoms with Crippen LogP contribution in [-0.4, -0.2) is 22.6 Å². The minimum absolute atomic E-state index is 0.186. The molecule has 0 aliphatic heterocycles. The van der Waals surface area contributed by atoms with Crippen LogP contribution in [0.5, 0.6) is 0 Å². The Morgan fingerprint density at radius 2 is 2.04 bits per heavy atom. The highest BCUT2D eigenvalue weighted by Crippen LogP contribution is 2.21. The maximum Gasteiger partial charge on any atom is 0.330 e. The lowest BCUT2D eigenvalue weighted by Crippen LogP contribution is -2.30. The third kappa shape index (κ3) is 3.57. The number of nitrogens with zero attached hydrogens (tertiary/aromatic N) is 1. The monoisotopic (exact) mass is 310 g/mol. The van der Waals surface area contributed by atoms with Gasteiger partial charge >= 0.3 is 5.97 Å². The summed E-state index contributed by atoms with van der Waals surface area (Å²) in [6, 6.07) is 14.6. The van der Waals surface area contributed by atoms with Gasteiger partial charge in [-0.1, -0.05) is 36.4 Å². The molecule has 3 rings (SSSR count). The first kappa shape index (κ1) is 15.2. The number of oxazole rings is 1. The van der Waals surface area contributed by atoms with Crippen LogP contribution in [0.1, 0.15) is 23.1 Å². The largest absolute Gasteiger partial charge is 0.480 e. The number of fused-ring (bicyclic) bond motifs is 1. The van der Waals surface area contributed by atoms with E-state index in [0.29, 0.717) is 17.6 Å². The molecule has 0 fully saturated rings. The zero-order valence-corrected chi connectivity index (χ0v) is 12.8. The quantitative estimate of drug-likeness (QED) is 0.732. The fourth-order valence-electron chi connectivity index (χ4n) is 2.46. The molecule has 0 saturated carbocycles. The van der Waals surface area contributed by atoms with Gasteiger partial charge in [0.05, 0.1) is 0 Å². The average Bonchev–Trinajstić information content (AvgIpc) is 2.94. The number of hydrogen-bond donors (Lipinski definition) is 2. The van der Waals surface area contributed by atoms with E-state index in [2.05, 4.69) is 10.3 Å². The molecule has 118 valence electrons. The molecule has 0 saturated heterocycles. The van der Waals surface area contributed by atoms with Gasteiger partial charge in [0.25, 0.3) is 0 Å². The fourth-order valence-corrected chi connectivity index (χ4v) is 2.46. The zero-order chi connectivity index (χ0) is 16.2. The maximum absolute atomic E-state index is 11.5. The van der Waals surface area contributed by atoms with E-state index in [-0.39, 0.29) is 5.89 Å². The fraction of sp³-hybridized carbons (Fsp3) is 0.222. The van der Waals surface area contributed by atoms with Gasteiger partial charge in [0.1, 0.15) is 5.52 Å². The molecule has 1 atom stereocenters. The second kappa shape index (κ2) is 6.62. The second-order valence-electron chi connectivity index (χ2n) is 5.48. The average molecular weight is 310 g/mol. The Balaban J connectivity index is 1.73. The lowest BCUT2D eigenvalue weighted by Gasteiger charge is -2.10. The molecule has 0 amide bonds. The Morgan fingerprint density at radius 3 is 2.78 bits per heavy atom. The SMILES string of the molecule is Cc1ccc2oc(C(NCCc3ccccc3)C(=O)O)nc2c1. The molecule has 1 heterocycles. The summed E-state index contributed by atoms with van der Waals surface area (Å²) in [7, 11) is 0. The standard InChI is InChI=1S/C18H18N2O3/c1-12-7-8-15-14(11-12)20-17(23-15)16(18(21)22)19-10-9-13-5-3-2-4-6-13/h2-8,11,16,19H,9-10H2,1H3,(H,21,22). The van der Waals surface area contributed by atoms with Gasteiger partial charge in [-0.15, -0.1) is 0 Å². The molecule has 23 heavy (non-hydrogen) atoms. The minimum atomic E-state index is -0.999. The number of aliphatic carboxylic acids is 1. The van der Waals surface area contributed by atoms with Crippen LogP contribution in [0.15, 0.2) is 52.9 Å². The van der Waals surface area contributed by atoms with E-state index in [9.17, 15) is 9.90 Å². The molecule has 2 aromatic carbocycles. The van der Waals surface area contributed by atoms with Crippen LogP contribution in [0.4, 0.5) is 0 Å². The number of aryl methyl sites for hydroxylation is 1. The summed E-state index contributed by atoms with van der Waals surface area (Å²) < 4.78 is 5.59. The summed E-state index contributed by atoms with van der Waals surface area (Å²) in [6.45, 7) is 2.49. The van der Waals surface area contributed by atoms with E-state index in [1.54, 1.807) is 0 Å². The number of aromatic nitrogens is 1. The lowest BCUT2D eigenvalue weighted by molar-refractivity contribution is -0.140. The molecule has 2 N–H and O–H groups in total. The first-order valence-corrected chi connectivity index (χ1v) is 7.51. The lowest BCUT2D eigenvalue weighted by atomic mass is 10.1. The van der Waals surface area contributed by atoms with E-state index < -0.39 is 12.0 Å². The highest BCUT2D eigenvalue weighted by atomic mass is 16.4. The van der Waals surface area contributed by atoms with Crippen molar-refractivity contribution in [3.63, 3.8) is 0 Å². The molecule has 1 unspecified atom stereocenters. The molecule has 0 radical (unpaired) electrons. The molecule has 0 spiro atoms. The normalized spacial score (nSPS) is 12.4. The van der Waals surface area contributed by atoms with Crippen LogP contribution >= 0.6 is 0 Å². The van der Waals surface area contributed by atoms with Gasteiger partial charge < -0.3 is 9.52 Å². The smallest absolute Gasteiger partial charge is 0.330 e. The van der Waals surface area contributed by atoms with E-state index in [1.165, 1.54) is 0 Å². The van der Waals surface area contributed by atoms with E-state index in [0.717, 1.165) is 17.5 Å². The summed E-state index contributed by atoms with van der Waals surface area (Å²) in [6.07, 6.45) is 0.740. The molecule has 0 aliphatic rings. The van der Waals surface area contributed by atoms with Crippen molar-refractivity contribution in [3.05, 3.63) is 65.5 Å². The van der Waals surface area contributed by atoms with Gasteiger partial charge in [-0.3, -0.25) is 5.32 Å². The topological polar surface area (TPSA) is 75.4 Å². The molecule has 0 aliphatic carbocycles. The van der Waals surface area contributed by atoms with Crippen molar-refractivity contribution in [1.29, 1.82) is 0 Å². The van der Waals surface area contributed by atoms with E-state index in [1.807, 2.05) is 55.5 Å². The highest BCUT2D eigenvalue weighted by molar-refractivity contribution is 5.77. The number of hydrogen-bond acceptors (Lipinski definition) is 4. The molecular weight excluding hydrogens is 292 g/mol. The van der Waals surface area contributed by atoms with Crippen LogP contribution in [0, 0.1) is 6.92 Å². The van der Waals surface area contributed by atoms with Crippen molar-refractivity contribution in [2.75, 3.05) is 6.54 Å². The number of carboxylic acids is 1. The van der Waals surface area contributed by atoms with Crippen molar-refractivity contribution in [2.45, 2.75) is 19.4 Å². The molecule has 0 bridgehead atoms. The molecule has 1 aromatic heterocycles. The summed E-state index contributed by atoms with van der Waals surface area (Å²) in [5.74, 6) is -0.812. The number of carbonyl (C=O) groups is 1. The van der Waals surface area contributed by atoms with Gasteiger partial charge in [0.15, 0.2) is 11.6 Å². The molecule has 3 aromatic rings. The summed E-state index contributed by atoms with van der Waals surface area (Å²) in [5.41, 5.74) is 3.48. The second-order valence-corrected chi connectivity index (χ2v) is 5.48.